The molecule has 2 nitrogen and oxygen atoms in total. The minimum atomic E-state index is 1.14. The Morgan fingerprint density at radius 3 is 1.41 bits per heavy atom. The van der Waals surface area contributed by atoms with Gasteiger partial charge in [0.2, 0.25) is 0 Å². The van der Waals surface area contributed by atoms with Crippen LogP contribution in [0, 0.1) is 0 Å². The molecule has 1 aromatic rings. The van der Waals surface area contributed by atoms with Gasteiger partial charge in [-0.05, 0) is 32.1 Å². The molecule has 0 saturated carbocycles. The fourth-order valence-electron chi connectivity index (χ4n) is 4.26. The minimum absolute atomic E-state index is 1.14. The Morgan fingerprint density at radius 1 is 0.483 bits per heavy atom. The number of H-pyrrole nitrogens is 1. The van der Waals surface area contributed by atoms with E-state index in [9.17, 15) is 0 Å². The first-order chi connectivity index (χ1) is 14.3. The Bertz CT molecular complexity index is 430. The van der Waals surface area contributed by atoms with Crippen LogP contribution < -0.4 is 0 Å². The second-order valence-electron chi connectivity index (χ2n) is 9.16. The van der Waals surface area contributed by atoms with Crippen LogP contribution in [0.3, 0.4) is 0 Å². The lowest BCUT2D eigenvalue weighted by Gasteiger charge is -2.04. The van der Waals surface area contributed by atoms with Crippen molar-refractivity contribution in [3.63, 3.8) is 0 Å². The lowest BCUT2D eigenvalue weighted by molar-refractivity contribution is 0.595. The summed E-state index contributed by atoms with van der Waals surface area (Å²) in [4.78, 5) is 8.79. The molecule has 1 heterocycles. The maximum absolute atomic E-state index is 5.05. The largest absolute Gasteiger partial charge is 0.346 e. The van der Waals surface area contributed by atoms with Gasteiger partial charge in [0.15, 0.2) is 0 Å². The predicted octanol–water partition coefficient (Wildman–Crippen LogP) is 9.12. The van der Waals surface area contributed by atoms with Crippen molar-refractivity contribution in [2.75, 3.05) is 0 Å². The fourth-order valence-corrected chi connectivity index (χ4v) is 4.26. The van der Waals surface area contributed by atoms with Gasteiger partial charge < -0.3 is 4.98 Å². The number of aromatic amines is 1. The third-order valence-corrected chi connectivity index (χ3v) is 6.23. The molecule has 0 amide bonds. The van der Waals surface area contributed by atoms with Crippen molar-refractivity contribution in [3.05, 3.63) is 17.2 Å². The second-order valence-corrected chi connectivity index (χ2v) is 9.16. The van der Waals surface area contributed by atoms with Crippen LogP contribution in [0.2, 0.25) is 0 Å². The van der Waals surface area contributed by atoms with Crippen molar-refractivity contribution in [2.24, 2.45) is 0 Å². The Hall–Kier alpha value is -0.790. The van der Waals surface area contributed by atoms with E-state index in [-0.39, 0.29) is 0 Å². The lowest BCUT2D eigenvalue weighted by atomic mass is 10.0. The highest BCUT2D eigenvalue weighted by Gasteiger charge is 2.10. The molecule has 0 aliphatic rings. The average Bonchev–Trinajstić information content (AvgIpc) is 3.11. The second kappa shape index (κ2) is 19.2. The van der Waals surface area contributed by atoms with E-state index in [1.165, 1.54) is 146 Å². The molecule has 1 aromatic heterocycles. The van der Waals surface area contributed by atoms with Gasteiger partial charge in [-0.1, -0.05) is 117 Å². The third kappa shape index (κ3) is 13.9. The number of aryl methyl sites for hydroxylation is 3. The van der Waals surface area contributed by atoms with Gasteiger partial charge in [0.1, 0.15) is 5.82 Å². The maximum Gasteiger partial charge on any atom is 0.106 e. The van der Waals surface area contributed by atoms with Crippen molar-refractivity contribution in [1.82, 2.24) is 9.97 Å². The van der Waals surface area contributed by atoms with E-state index in [2.05, 4.69) is 25.8 Å². The first-order valence-corrected chi connectivity index (χ1v) is 13.4. The zero-order valence-corrected chi connectivity index (χ0v) is 20.3. The van der Waals surface area contributed by atoms with E-state index in [1.807, 2.05) is 0 Å². The van der Waals surface area contributed by atoms with Crippen LogP contribution in [-0.4, -0.2) is 9.97 Å². The van der Waals surface area contributed by atoms with Crippen molar-refractivity contribution in [2.45, 2.75) is 156 Å². The number of rotatable bonds is 21. The summed E-state index contributed by atoms with van der Waals surface area (Å²) in [5.41, 5.74) is 2.87. The number of imidazole rings is 1. The molecule has 0 bridgehead atoms. The van der Waals surface area contributed by atoms with Gasteiger partial charge >= 0.3 is 0 Å². The molecular weight excluding hydrogens is 352 g/mol. The molecule has 0 fully saturated rings. The van der Waals surface area contributed by atoms with E-state index in [0.717, 1.165) is 6.42 Å². The van der Waals surface area contributed by atoms with Crippen molar-refractivity contribution < 1.29 is 0 Å². The molecule has 0 aliphatic carbocycles. The minimum Gasteiger partial charge on any atom is -0.346 e. The van der Waals surface area contributed by atoms with Gasteiger partial charge in [-0.2, -0.15) is 0 Å². The highest BCUT2D eigenvalue weighted by molar-refractivity contribution is 5.15. The van der Waals surface area contributed by atoms with Gasteiger partial charge in [0, 0.05) is 12.1 Å². The Labute approximate surface area is 183 Å². The standard InChI is InChI=1S/C27H52N2/c1-4-7-10-13-16-19-22-25-26(23-20-17-14-11-8-5-2)29-27(28-25)24-21-18-15-12-9-6-3/h4-24H2,1-3H3,(H,28,29). The highest BCUT2D eigenvalue weighted by atomic mass is 14.9. The first kappa shape index (κ1) is 26.2. The van der Waals surface area contributed by atoms with Crippen molar-refractivity contribution in [1.29, 1.82) is 0 Å². The van der Waals surface area contributed by atoms with Crippen LogP contribution in [0.15, 0.2) is 0 Å². The summed E-state index contributed by atoms with van der Waals surface area (Å²) < 4.78 is 0. The van der Waals surface area contributed by atoms with E-state index in [4.69, 9.17) is 4.98 Å². The molecule has 0 spiro atoms. The number of hydrogen-bond acceptors (Lipinski definition) is 1. The summed E-state index contributed by atoms with van der Waals surface area (Å²) in [5.74, 6) is 1.27. The summed E-state index contributed by atoms with van der Waals surface area (Å²) in [6.45, 7) is 6.88. The molecule has 0 saturated heterocycles. The van der Waals surface area contributed by atoms with Crippen LogP contribution in [0.5, 0.6) is 0 Å². The zero-order chi connectivity index (χ0) is 21.0. The Morgan fingerprint density at radius 2 is 0.897 bits per heavy atom. The average molecular weight is 405 g/mol. The topological polar surface area (TPSA) is 28.7 Å². The van der Waals surface area contributed by atoms with Gasteiger partial charge in [0.05, 0.1) is 5.69 Å². The molecular formula is C27H52N2. The van der Waals surface area contributed by atoms with Gasteiger partial charge in [0.25, 0.3) is 0 Å². The molecule has 0 unspecified atom stereocenters. The van der Waals surface area contributed by atoms with Gasteiger partial charge in [-0.25, -0.2) is 4.98 Å². The molecule has 1 rings (SSSR count). The van der Waals surface area contributed by atoms with Gasteiger partial charge in [-0.15, -0.1) is 0 Å². The molecule has 0 aromatic carbocycles. The summed E-state index contributed by atoms with van der Waals surface area (Å²) in [5, 5.41) is 0. The molecule has 0 atom stereocenters. The number of nitrogens with zero attached hydrogens (tertiary/aromatic N) is 1. The number of unbranched alkanes of at least 4 members (excludes halogenated alkanes) is 15. The molecule has 29 heavy (non-hydrogen) atoms. The summed E-state index contributed by atoms with van der Waals surface area (Å²) in [6.07, 6.45) is 28.2. The maximum atomic E-state index is 5.05. The van der Waals surface area contributed by atoms with Crippen LogP contribution in [0.25, 0.3) is 0 Å². The van der Waals surface area contributed by atoms with E-state index < -0.39 is 0 Å². The predicted molar refractivity (Wildman–Crippen MR) is 130 cm³/mol. The summed E-state index contributed by atoms with van der Waals surface area (Å²) in [7, 11) is 0. The summed E-state index contributed by atoms with van der Waals surface area (Å²) >= 11 is 0. The molecule has 0 radical (unpaired) electrons. The normalized spacial score (nSPS) is 11.4. The number of aromatic nitrogens is 2. The van der Waals surface area contributed by atoms with Crippen LogP contribution in [0.1, 0.15) is 154 Å². The van der Waals surface area contributed by atoms with E-state index >= 15 is 0 Å². The number of nitrogens with one attached hydrogen (secondary N) is 1. The molecule has 2 heteroatoms. The van der Waals surface area contributed by atoms with E-state index in [1.54, 1.807) is 0 Å². The smallest absolute Gasteiger partial charge is 0.106 e. The zero-order valence-electron chi connectivity index (χ0n) is 20.3. The summed E-state index contributed by atoms with van der Waals surface area (Å²) in [6, 6.07) is 0. The van der Waals surface area contributed by atoms with Crippen molar-refractivity contribution in [3.8, 4) is 0 Å². The molecule has 0 aliphatic heterocycles. The van der Waals surface area contributed by atoms with Crippen molar-refractivity contribution >= 4 is 0 Å². The first-order valence-electron chi connectivity index (χ1n) is 13.4. The lowest BCUT2D eigenvalue weighted by Crippen LogP contribution is -1.95. The third-order valence-electron chi connectivity index (χ3n) is 6.23. The van der Waals surface area contributed by atoms with Crippen LogP contribution >= 0.6 is 0 Å². The van der Waals surface area contributed by atoms with Crippen LogP contribution in [0.4, 0.5) is 0 Å². The fraction of sp³-hybridized carbons (Fsp3) is 0.889. The highest BCUT2D eigenvalue weighted by Crippen LogP contribution is 2.17. The van der Waals surface area contributed by atoms with Crippen LogP contribution in [-0.2, 0) is 19.3 Å². The monoisotopic (exact) mass is 404 g/mol. The molecule has 1 N–H and O–H groups in total. The quantitative estimate of drug-likeness (QED) is 0.203. The SMILES string of the molecule is CCCCCCCCc1nc(CCCCCCCC)c(CCCCCCCC)[nH]1. The van der Waals surface area contributed by atoms with E-state index in [0.29, 0.717) is 0 Å². The Kier molecular flexibility index (Phi) is 17.4. The Balaban J connectivity index is 2.40. The van der Waals surface area contributed by atoms with Gasteiger partial charge in [-0.3, -0.25) is 0 Å². The molecule has 170 valence electrons. The number of hydrogen-bond donors (Lipinski definition) is 1.